The van der Waals surface area contributed by atoms with Gasteiger partial charge in [-0.1, -0.05) is 13.8 Å². The van der Waals surface area contributed by atoms with Crippen molar-refractivity contribution < 1.29 is 19.0 Å². The topological polar surface area (TPSA) is 111 Å². The van der Waals surface area contributed by atoms with E-state index in [1.165, 1.54) is 10.6 Å². The van der Waals surface area contributed by atoms with Crippen LogP contribution in [0.25, 0.3) is 17.1 Å². The van der Waals surface area contributed by atoms with Crippen LogP contribution in [0.15, 0.2) is 41.6 Å². The van der Waals surface area contributed by atoms with Gasteiger partial charge in [0.05, 0.1) is 5.56 Å². The second-order valence-electron chi connectivity index (χ2n) is 5.94. The molecule has 3 rings (SSSR count). The van der Waals surface area contributed by atoms with Crippen molar-refractivity contribution in [3.63, 3.8) is 0 Å². The highest BCUT2D eigenvalue weighted by Gasteiger charge is 2.21. The molecular weight excluding hydrogens is 469 g/mol. The third kappa shape index (κ3) is 3.46. The first-order valence-electron chi connectivity index (χ1n) is 7.66. The maximum Gasteiger partial charge on any atom is 0.213 e. The van der Waals surface area contributed by atoms with Crippen molar-refractivity contribution in [2.75, 3.05) is 0 Å². The molecule has 7 nitrogen and oxygen atoms in total. The van der Waals surface area contributed by atoms with E-state index in [1.54, 1.807) is 18.2 Å². The molecule has 0 aliphatic rings. The molecule has 2 aromatic carbocycles. The van der Waals surface area contributed by atoms with Gasteiger partial charge in [-0.3, -0.25) is 8.78 Å². The summed E-state index contributed by atoms with van der Waals surface area (Å²) in [6, 6.07) is 9.96. The van der Waals surface area contributed by atoms with Crippen molar-refractivity contribution in [3.8, 4) is 28.6 Å². The van der Waals surface area contributed by atoms with Crippen LogP contribution < -0.4 is 0 Å². The number of aromatic nitrogens is 3. The summed E-state index contributed by atoms with van der Waals surface area (Å²) in [5.74, 6) is -0.0783. The van der Waals surface area contributed by atoms with E-state index < -0.39 is 11.1 Å². The Kier molecular flexibility index (Phi) is 5.30. The molecule has 136 valence electrons. The number of nitrogens with zero attached hydrogens (tertiary/aromatic N) is 3. The van der Waals surface area contributed by atoms with E-state index in [0.29, 0.717) is 11.3 Å². The summed E-state index contributed by atoms with van der Waals surface area (Å²) in [6.07, 6.45) is 0. The van der Waals surface area contributed by atoms with Gasteiger partial charge in [-0.2, -0.15) is 0 Å². The smallest absolute Gasteiger partial charge is 0.213 e. The van der Waals surface area contributed by atoms with E-state index in [4.69, 9.17) is 0 Å². The Balaban J connectivity index is 2.29. The largest absolute Gasteiger partial charge is 0.766 e. The molecule has 3 aromatic rings. The van der Waals surface area contributed by atoms with Gasteiger partial charge < -0.3 is 14.8 Å². The second kappa shape index (κ2) is 7.33. The number of aromatic hydroxyl groups is 2. The Morgan fingerprint density at radius 3 is 2.35 bits per heavy atom. The number of halogens is 1. The zero-order valence-electron chi connectivity index (χ0n) is 13.9. The SMILES string of the molecule is CC(C)c1cc(-c2nnc(S(=O)[O-])n2-c2ccc(I)cc2)c(O)cc1O. The Labute approximate surface area is 166 Å². The van der Waals surface area contributed by atoms with Gasteiger partial charge in [0, 0.05) is 26.4 Å². The number of hydrogen-bond acceptors (Lipinski definition) is 6. The lowest BCUT2D eigenvalue weighted by Gasteiger charge is -2.15. The van der Waals surface area contributed by atoms with Crippen LogP contribution in [0.2, 0.25) is 0 Å². The van der Waals surface area contributed by atoms with Gasteiger partial charge in [-0.05, 0) is 64.4 Å². The molecule has 0 bridgehead atoms. The van der Waals surface area contributed by atoms with Crippen molar-refractivity contribution in [2.24, 2.45) is 0 Å². The normalized spacial score (nSPS) is 12.5. The predicted molar refractivity (Wildman–Crippen MR) is 104 cm³/mol. The fourth-order valence-corrected chi connectivity index (χ4v) is 3.42. The first-order valence-corrected chi connectivity index (χ1v) is 9.81. The van der Waals surface area contributed by atoms with E-state index in [-0.39, 0.29) is 34.0 Å². The predicted octanol–water partition coefficient (Wildman–Crippen LogP) is 3.31. The fraction of sp³-hybridized carbons (Fsp3) is 0.176. The third-order valence-corrected chi connectivity index (χ3v) is 5.16. The van der Waals surface area contributed by atoms with Crippen molar-refractivity contribution in [3.05, 3.63) is 45.5 Å². The van der Waals surface area contributed by atoms with Gasteiger partial charge in [-0.25, -0.2) is 0 Å². The fourth-order valence-electron chi connectivity index (χ4n) is 2.61. The molecule has 26 heavy (non-hydrogen) atoms. The first-order chi connectivity index (χ1) is 12.3. The quantitative estimate of drug-likeness (QED) is 0.434. The standard InChI is InChI=1S/C17H16IN3O4S/c1-9(2)12-7-13(15(23)8-14(12)22)16-19-20-17(26(24)25)21(16)11-5-3-10(18)4-6-11/h3-9,22-23H,1-2H3,(H,24,25)/p-1. The summed E-state index contributed by atoms with van der Waals surface area (Å²) in [5, 5.41) is 27.8. The lowest BCUT2D eigenvalue weighted by molar-refractivity contribution is 0.444. The molecular formula is C17H15IN3O4S-. The lowest BCUT2D eigenvalue weighted by atomic mass is 9.98. The van der Waals surface area contributed by atoms with Gasteiger partial charge in [0.25, 0.3) is 0 Å². The minimum atomic E-state index is -2.62. The van der Waals surface area contributed by atoms with E-state index in [1.807, 2.05) is 26.0 Å². The summed E-state index contributed by atoms with van der Waals surface area (Å²) < 4.78 is 25.5. The lowest BCUT2D eigenvalue weighted by Crippen LogP contribution is -2.05. The minimum absolute atomic E-state index is 0.00265. The van der Waals surface area contributed by atoms with Crippen molar-refractivity contribution in [2.45, 2.75) is 24.9 Å². The third-order valence-electron chi connectivity index (χ3n) is 3.88. The number of rotatable bonds is 4. The molecule has 0 amide bonds. The molecule has 1 unspecified atom stereocenters. The summed E-state index contributed by atoms with van der Waals surface area (Å²) in [4.78, 5) is 0. The maximum atomic E-state index is 11.6. The molecule has 9 heteroatoms. The van der Waals surface area contributed by atoms with E-state index >= 15 is 0 Å². The van der Waals surface area contributed by atoms with Gasteiger partial charge >= 0.3 is 0 Å². The van der Waals surface area contributed by atoms with Crippen LogP contribution in [0.5, 0.6) is 11.5 Å². The first kappa shape index (κ1) is 18.8. The zero-order valence-corrected chi connectivity index (χ0v) is 16.9. The van der Waals surface area contributed by atoms with Crippen LogP contribution in [0.4, 0.5) is 0 Å². The molecule has 0 spiro atoms. The molecule has 0 aliphatic heterocycles. The van der Waals surface area contributed by atoms with Gasteiger partial charge in [0.1, 0.15) is 11.5 Å². The summed E-state index contributed by atoms with van der Waals surface area (Å²) in [6.45, 7) is 3.80. The number of hydrogen-bond donors (Lipinski definition) is 2. The highest BCUT2D eigenvalue weighted by atomic mass is 127. The minimum Gasteiger partial charge on any atom is -0.766 e. The molecule has 0 fully saturated rings. The Hall–Kier alpha value is -1.98. The summed E-state index contributed by atoms with van der Waals surface area (Å²) in [7, 11) is 0. The van der Waals surface area contributed by atoms with E-state index in [9.17, 15) is 19.0 Å². The molecule has 2 N–H and O–H groups in total. The van der Waals surface area contributed by atoms with E-state index in [2.05, 4.69) is 32.8 Å². The molecule has 0 aliphatic carbocycles. The van der Waals surface area contributed by atoms with Crippen LogP contribution in [0.1, 0.15) is 25.3 Å². The summed E-state index contributed by atoms with van der Waals surface area (Å²) >= 11 is -0.471. The van der Waals surface area contributed by atoms with Gasteiger partial charge in [0.15, 0.2) is 5.82 Å². The maximum absolute atomic E-state index is 11.6. The molecule has 1 atom stereocenters. The zero-order chi connectivity index (χ0) is 19.0. The van der Waals surface area contributed by atoms with Gasteiger partial charge in [0.2, 0.25) is 5.16 Å². The van der Waals surface area contributed by atoms with E-state index in [0.717, 1.165) is 3.57 Å². The summed E-state index contributed by atoms with van der Waals surface area (Å²) in [5.41, 5.74) is 1.44. The van der Waals surface area contributed by atoms with Crippen molar-refractivity contribution in [1.29, 1.82) is 0 Å². The van der Waals surface area contributed by atoms with Crippen LogP contribution in [-0.4, -0.2) is 33.7 Å². The average Bonchev–Trinajstić information content (AvgIpc) is 3.00. The molecule has 0 saturated heterocycles. The molecule has 1 heterocycles. The Morgan fingerprint density at radius 2 is 1.77 bits per heavy atom. The second-order valence-corrected chi connectivity index (χ2v) is 8.02. The van der Waals surface area contributed by atoms with Crippen molar-refractivity contribution in [1.82, 2.24) is 14.8 Å². The van der Waals surface area contributed by atoms with Crippen LogP contribution >= 0.6 is 22.6 Å². The molecule has 1 aromatic heterocycles. The van der Waals surface area contributed by atoms with Gasteiger partial charge in [-0.15, -0.1) is 10.2 Å². The number of phenols is 2. The Morgan fingerprint density at radius 1 is 1.12 bits per heavy atom. The van der Waals surface area contributed by atoms with Crippen molar-refractivity contribution >= 4 is 33.7 Å². The van der Waals surface area contributed by atoms with Crippen LogP contribution in [0, 0.1) is 3.57 Å². The monoisotopic (exact) mass is 484 g/mol. The number of benzene rings is 2. The van der Waals surface area contributed by atoms with Crippen LogP contribution in [0.3, 0.4) is 0 Å². The molecule has 0 saturated carbocycles. The highest BCUT2D eigenvalue weighted by Crippen LogP contribution is 2.38. The molecule has 0 radical (unpaired) electrons. The average molecular weight is 484 g/mol. The van der Waals surface area contributed by atoms with Crippen LogP contribution in [-0.2, 0) is 11.1 Å². The Bertz CT molecular complexity index is 986. The number of phenolic OH excluding ortho intramolecular Hbond substituents is 2. The highest BCUT2D eigenvalue weighted by molar-refractivity contribution is 14.1.